The summed E-state index contributed by atoms with van der Waals surface area (Å²) in [6.45, 7) is 4.75. The van der Waals surface area contributed by atoms with E-state index >= 15 is 0 Å². The molecule has 3 aromatic carbocycles. The van der Waals surface area contributed by atoms with E-state index in [1.165, 1.54) is 93.5 Å². The van der Waals surface area contributed by atoms with Gasteiger partial charge in [-0.2, -0.15) is 0 Å². The molecule has 0 aromatic heterocycles. The van der Waals surface area contributed by atoms with E-state index in [0.717, 1.165) is 8.58 Å². The second-order valence-electron chi connectivity index (χ2n) is 10.1. The van der Waals surface area contributed by atoms with Crippen LogP contribution in [0, 0.1) is 0 Å². The van der Waals surface area contributed by atoms with Crippen molar-refractivity contribution in [2.45, 2.75) is 95.6 Å². The molecule has 0 fully saturated rings. The SMILES string of the molecule is CCCCCCCCCCCCCPC(c1ccccc1)(c1ccccc1)C(C)c1ccccc1. The lowest BCUT2D eigenvalue weighted by Crippen LogP contribution is -2.29. The zero-order valence-corrected chi connectivity index (χ0v) is 23.2. The fourth-order valence-electron chi connectivity index (χ4n) is 5.49. The first-order valence-corrected chi connectivity index (χ1v) is 15.4. The minimum absolute atomic E-state index is 0.0162. The summed E-state index contributed by atoms with van der Waals surface area (Å²) in [5.41, 5.74) is 4.36. The monoisotopic (exact) mass is 486 g/mol. The molecule has 0 saturated carbocycles. The Morgan fingerprint density at radius 3 is 1.40 bits per heavy atom. The van der Waals surface area contributed by atoms with Crippen molar-refractivity contribution in [2.75, 3.05) is 6.16 Å². The summed E-state index contributed by atoms with van der Waals surface area (Å²) in [6, 6.07) is 33.8. The lowest BCUT2D eigenvalue weighted by atomic mass is 9.77. The molecule has 0 N–H and O–H groups in total. The van der Waals surface area contributed by atoms with Crippen molar-refractivity contribution in [3.63, 3.8) is 0 Å². The van der Waals surface area contributed by atoms with Gasteiger partial charge in [0.25, 0.3) is 0 Å². The van der Waals surface area contributed by atoms with Crippen LogP contribution in [-0.2, 0) is 5.16 Å². The molecule has 0 bridgehead atoms. The Hall–Kier alpha value is -1.91. The average molecular weight is 487 g/mol. The Kier molecular flexibility index (Phi) is 12.6. The quantitative estimate of drug-likeness (QED) is 0.131. The lowest BCUT2D eigenvalue weighted by Gasteiger charge is -2.41. The maximum Gasteiger partial charge on any atom is 0.0438 e. The van der Waals surface area contributed by atoms with E-state index in [-0.39, 0.29) is 5.16 Å². The third-order valence-corrected chi connectivity index (χ3v) is 9.76. The Bertz CT molecular complexity index is 864. The maximum atomic E-state index is 2.45. The Morgan fingerprint density at radius 2 is 0.943 bits per heavy atom. The average Bonchev–Trinajstić information content (AvgIpc) is 2.93. The van der Waals surface area contributed by atoms with Crippen LogP contribution < -0.4 is 0 Å². The second-order valence-corrected chi connectivity index (χ2v) is 11.8. The topological polar surface area (TPSA) is 0 Å². The fourth-order valence-corrected chi connectivity index (χ4v) is 7.53. The highest BCUT2D eigenvalue weighted by Gasteiger charge is 2.39. The van der Waals surface area contributed by atoms with Gasteiger partial charge in [-0.3, -0.25) is 0 Å². The largest absolute Gasteiger partial charge is 0.106 e. The standard InChI is InChI=1S/C34H47P/c1-3-4-5-6-7-8-9-10-11-12-22-29-35-34(32-25-18-14-19-26-32,33-27-20-15-21-28-33)30(2)31-23-16-13-17-24-31/h13-21,23-28,30,35H,3-12,22,29H2,1-2H3. The molecular formula is C34H47P. The van der Waals surface area contributed by atoms with Gasteiger partial charge in [0.05, 0.1) is 0 Å². The van der Waals surface area contributed by atoms with Gasteiger partial charge in [0, 0.05) is 5.16 Å². The first-order valence-electron chi connectivity index (χ1n) is 14.2. The van der Waals surface area contributed by atoms with Crippen molar-refractivity contribution in [2.24, 2.45) is 0 Å². The van der Waals surface area contributed by atoms with Gasteiger partial charge in [-0.05, 0) is 35.2 Å². The molecule has 188 valence electrons. The van der Waals surface area contributed by atoms with Crippen LogP contribution >= 0.6 is 8.58 Å². The third kappa shape index (κ3) is 8.32. The number of hydrogen-bond donors (Lipinski definition) is 0. The van der Waals surface area contributed by atoms with Crippen LogP contribution in [0.3, 0.4) is 0 Å². The molecule has 2 atom stereocenters. The molecule has 3 aromatic rings. The molecule has 2 unspecified atom stereocenters. The molecule has 0 radical (unpaired) electrons. The molecule has 0 amide bonds. The van der Waals surface area contributed by atoms with Gasteiger partial charge >= 0.3 is 0 Å². The second kappa shape index (κ2) is 16.0. The van der Waals surface area contributed by atoms with Crippen molar-refractivity contribution < 1.29 is 0 Å². The zero-order chi connectivity index (χ0) is 24.6. The van der Waals surface area contributed by atoms with Crippen LogP contribution in [0.2, 0.25) is 0 Å². The Balaban J connectivity index is 1.64. The van der Waals surface area contributed by atoms with Crippen molar-refractivity contribution in [1.29, 1.82) is 0 Å². The van der Waals surface area contributed by atoms with Crippen LogP contribution in [0.15, 0.2) is 91.0 Å². The van der Waals surface area contributed by atoms with Gasteiger partial charge in [-0.1, -0.05) is 169 Å². The van der Waals surface area contributed by atoms with Crippen LogP contribution in [0.5, 0.6) is 0 Å². The summed E-state index contributed by atoms with van der Waals surface area (Å²) in [5, 5.41) is 0.0162. The summed E-state index contributed by atoms with van der Waals surface area (Å²) in [6.07, 6.45) is 16.8. The Labute approximate surface area is 217 Å². The molecule has 35 heavy (non-hydrogen) atoms. The van der Waals surface area contributed by atoms with Crippen molar-refractivity contribution in [1.82, 2.24) is 0 Å². The highest BCUT2D eigenvalue weighted by Crippen LogP contribution is 2.56. The summed E-state index contributed by atoms with van der Waals surface area (Å²) in [7, 11) is 0.866. The molecule has 0 aliphatic heterocycles. The maximum absolute atomic E-state index is 2.45. The van der Waals surface area contributed by atoms with E-state index in [1.807, 2.05) is 0 Å². The molecule has 0 nitrogen and oxygen atoms in total. The molecule has 1 heteroatoms. The normalized spacial score (nSPS) is 12.9. The lowest BCUT2D eigenvalue weighted by molar-refractivity contribution is 0.553. The van der Waals surface area contributed by atoms with Crippen molar-refractivity contribution in [3.8, 4) is 0 Å². The third-order valence-electron chi connectivity index (χ3n) is 7.59. The summed E-state index contributed by atoms with van der Waals surface area (Å²) in [5.74, 6) is 0.416. The van der Waals surface area contributed by atoms with Crippen LogP contribution in [0.25, 0.3) is 0 Å². The molecule has 0 spiro atoms. The molecule has 0 aliphatic rings. The van der Waals surface area contributed by atoms with E-state index in [9.17, 15) is 0 Å². The predicted molar refractivity (Wildman–Crippen MR) is 158 cm³/mol. The molecule has 0 aliphatic carbocycles. The number of benzene rings is 3. The van der Waals surface area contributed by atoms with E-state index in [0.29, 0.717) is 5.92 Å². The van der Waals surface area contributed by atoms with Crippen molar-refractivity contribution >= 4 is 8.58 Å². The minimum Gasteiger partial charge on any atom is -0.106 e. The van der Waals surface area contributed by atoms with E-state index in [4.69, 9.17) is 0 Å². The first-order chi connectivity index (χ1) is 17.3. The zero-order valence-electron chi connectivity index (χ0n) is 22.2. The van der Waals surface area contributed by atoms with Crippen LogP contribution in [0.4, 0.5) is 0 Å². The fraction of sp³-hybridized carbons (Fsp3) is 0.471. The number of hydrogen-bond acceptors (Lipinski definition) is 0. The molecule has 3 rings (SSSR count). The van der Waals surface area contributed by atoms with Gasteiger partial charge in [0.2, 0.25) is 0 Å². The van der Waals surface area contributed by atoms with Crippen molar-refractivity contribution in [3.05, 3.63) is 108 Å². The van der Waals surface area contributed by atoms with Gasteiger partial charge < -0.3 is 0 Å². The van der Waals surface area contributed by atoms with E-state index in [1.54, 1.807) is 0 Å². The highest BCUT2D eigenvalue weighted by molar-refractivity contribution is 7.40. The summed E-state index contributed by atoms with van der Waals surface area (Å²) in [4.78, 5) is 0. The van der Waals surface area contributed by atoms with Gasteiger partial charge in [0.15, 0.2) is 0 Å². The molecular weight excluding hydrogens is 439 g/mol. The van der Waals surface area contributed by atoms with Crippen LogP contribution in [0.1, 0.15) is 107 Å². The number of rotatable bonds is 17. The van der Waals surface area contributed by atoms with E-state index in [2.05, 4.69) is 105 Å². The van der Waals surface area contributed by atoms with Gasteiger partial charge in [0.1, 0.15) is 0 Å². The van der Waals surface area contributed by atoms with Crippen LogP contribution in [-0.4, -0.2) is 6.16 Å². The van der Waals surface area contributed by atoms with Gasteiger partial charge in [-0.15, -0.1) is 8.58 Å². The van der Waals surface area contributed by atoms with E-state index < -0.39 is 0 Å². The number of unbranched alkanes of at least 4 members (excludes halogenated alkanes) is 10. The molecule has 0 saturated heterocycles. The van der Waals surface area contributed by atoms with Gasteiger partial charge in [-0.25, -0.2) is 0 Å². The highest BCUT2D eigenvalue weighted by atomic mass is 31.1. The summed E-state index contributed by atoms with van der Waals surface area (Å²) < 4.78 is 0. The predicted octanol–water partition coefficient (Wildman–Crippen LogP) is 10.7. The summed E-state index contributed by atoms with van der Waals surface area (Å²) >= 11 is 0. The smallest absolute Gasteiger partial charge is 0.0438 e. The molecule has 0 heterocycles. The first kappa shape index (κ1) is 27.7. The minimum atomic E-state index is 0.0162. The Morgan fingerprint density at radius 1 is 0.543 bits per heavy atom.